The second-order valence-corrected chi connectivity index (χ2v) is 22.7. The molecule has 1 aliphatic heterocycles. The van der Waals surface area contributed by atoms with Crippen LogP contribution in [-0.4, -0.2) is 60.8 Å². The summed E-state index contributed by atoms with van der Waals surface area (Å²) in [6, 6.07) is 0. The number of aliphatic hydroxyl groups is 1. The molecule has 0 aromatic carbocycles. The summed E-state index contributed by atoms with van der Waals surface area (Å²) in [5, 5.41) is 10.5. The summed E-state index contributed by atoms with van der Waals surface area (Å²) in [5.41, 5.74) is 0. The van der Waals surface area contributed by atoms with E-state index in [0.29, 0.717) is 0 Å². The van der Waals surface area contributed by atoms with E-state index in [4.69, 9.17) is 18.0 Å². The fraction of sp³-hybridized carbons (Fsp3) is 1.00. The zero-order valence-corrected chi connectivity index (χ0v) is 19.5. The van der Waals surface area contributed by atoms with E-state index in [1.54, 1.807) is 0 Å². The normalized spacial score (nSPS) is 33.8. The van der Waals surface area contributed by atoms with Crippen molar-refractivity contribution >= 4 is 25.0 Å². The zero-order chi connectivity index (χ0) is 18.2. The van der Waals surface area contributed by atoms with E-state index in [-0.39, 0.29) is 18.3 Å². The van der Waals surface area contributed by atoms with Gasteiger partial charge in [0, 0.05) is 0 Å². The first-order valence-corrected chi connectivity index (χ1v) is 18.7. The van der Waals surface area contributed by atoms with Gasteiger partial charge >= 0.3 is 0 Å². The number of ether oxygens (including phenoxy) is 1. The lowest BCUT2D eigenvalue weighted by molar-refractivity contribution is -0.266. The number of hydrogen-bond acceptors (Lipinski definition) is 5. The maximum atomic E-state index is 10.5. The molecule has 5 atom stereocenters. The average Bonchev–Trinajstić information content (AvgIpc) is 2.25. The molecule has 1 fully saturated rings. The molecule has 138 valence electrons. The Balaban J connectivity index is 3.13. The molecule has 1 rings (SSSR count). The van der Waals surface area contributed by atoms with E-state index < -0.39 is 37.3 Å². The Bertz CT molecular complexity index is 358. The Morgan fingerprint density at radius 1 is 0.652 bits per heavy atom. The SMILES string of the molecule is C[C@H]1O[C@H](O)[C@@H](O[Si](C)(C)C)[C@@H](O[Si](C)(C)C)[C@@H]1O[Si](C)(C)C. The van der Waals surface area contributed by atoms with Crippen LogP contribution in [0, 0.1) is 0 Å². The lowest BCUT2D eigenvalue weighted by Crippen LogP contribution is -2.64. The molecule has 23 heavy (non-hydrogen) atoms. The quantitative estimate of drug-likeness (QED) is 0.716. The van der Waals surface area contributed by atoms with Crippen LogP contribution in [0.2, 0.25) is 58.9 Å². The van der Waals surface area contributed by atoms with E-state index in [1.165, 1.54) is 0 Å². The van der Waals surface area contributed by atoms with Crippen LogP contribution in [0.1, 0.15) is 6.92 Å². The van der Waals surface area contributed by atoms with Crippen molar-refractivity contribution < 1.29 is 23.1 Å². The second kappa shape index (κ2) is 7.37. The summed E-state index contributed by atoms with van der Waals surface area (Å²) < 4.78 is 24.8. The smallest absolute Gasteiger partial charge is 0.184 e. The predicted molar refractivity (Wildman–Crippen MR) is 101 cm³/mol. The maximum Gasteiger partial charge on any atom is 0.184 e. The van der Waals surface area contributed by atoms with Crippen molar-refractivity contribution in [3.63, 3.8) is 0 Å². The van der Waals surface area contributed by atoms with E-state index in [9.17, 15) is 5.11 Å². The Labute approximate surface area is 145 Å². The Hall–Kier alpha value is 0.451. The molecular weight excluding hydrogens is 344 g/mol. The fourth-order valence-electron chi connectivity index (χ4n) is 2.64. The molecule has 0 aromatic heterocycles. The van der Waals surface area contributed by atoms with Crippen LogP contribution in [0.5, 0.6) is 0 Å². The Morgan fingerprint density at radius 3 is 1.39 bits per heavy atom. The first kappa shape index (κ1) is 21.5. The van der Waals surface area contributed by atoms with Gasteiger partial charge in [0.25, 0.3) is 0 Å². The second-order valence-electron chi connectivity index (χ2n) is 9.32. The van der Waals surface area contributed by atoms with E-state index >= 15 is 0 Å². The fourth-order valence-corrected chi connectivity index (χ4v) is 5.93. The topological polar surface area (TPSA) is 57.2 Å². The van der Waals surface area contributed by atoms with Crippen LogP contribution in [0.3, 0.4) is 0 Å². The lowest BCUT2D eigenvalue weighted by Gasteiger charge is -2.48. The Morgan fingerprint density at radius 2 is 1.00 bits per heavy atom. The highest BCUT2D eigenvalue weighted by atomic mass is 28.4. The Kier molecular flexibility index (Phi) is 6.88. The number of rotatable bonds is 6. The van der Waals surface area contributed by atoms with Crippen molar-refractivity contribution in [3.05, 3.63) is 0 Å². The van der Waals surface area contributed by atoms with Crippen molar-refractivity contribution in [1.82, 2.24) is 0 Å². The molecule has 0 aromatic rings. The summed E-state index contributed by atoms with van der Waals surface area (Å²) in [6.45, 7) is 21.2. The van der Waals surface area contributed by atoms with Crippen LogP contribution in [-0.2, 0) is 18.0 Å². The molecule has 0 spiro atoms. The van der Waals surface area contributed by atoms with Gasteiger partial charge in [-0.15, -0.1) is 0 Å². The molecule has 0 aliphatic carbocycles. The third-order valence-corrected chi connectivity index (χ3v) is 6.15. The first-order valence-electron chi connectivity index (χ1n) is 8.46. The van der Waals surface area contributed by atoms with Gasteiger partial charge in [0.2, 0.25) is 0 Å². The van der Waals surface area contributed by atoms with Crippen LogP contribution in [0.25, 0.3) is 0 Å². The molecule has 0 radical (unpaired) electrons. The molecule has 1 aliphatic rings. The number of hydrogen-bond donors (Lipinski definition) is 1. The minimum absolute atomic E-state index is 0.210. The molecule has 5 nitrogen and oxygen atoms in total. The monoisotopic (exact) mass is 380 g/mol. The van der Waals surface area contributed by atoms with Crippen LogP contribution in [0.4, 0.5) is 0 Å². The van der Waals surface area contributed by atoms with Gasteiger partial charge in [0.05, 0.1) is 12.2 Å². The molecule has 0 unspecified atom stereocenters. The maximum absolute atomic E-state index is 10.5. The van der Waals surface area contributed by atoms with Crippen molar-refractivity contribution in [2.45, 2.75) is 96.6 Å². The highest BCUT2D eigenvalue weighted by molar-refractivity contribution is 6.70. The first-order chi connectivity index (χ1) is 10.1. The summed E-state index contributed by atoms with van der Waals surface area (Å²) in [5.74, 6) is 0. The molecule has 1 saturated heterocycles. The third kappa shape index (κ3) is 7.47. The van der Waals surface area contributed by atoms with Gasteiger partial charge < -0.3 is 23.1 Å². The summed E-state index contributed by atoms with van der Waals surface area (Å²) in [7, 11) is -5.48. The predicted octanol–water partition coefficient (Wildman–Crippen LogP) is 3.38. The summed E-state index contributed by atoms with van der Waals surface area (Å²) >= 11 is 0. The van der Waals surface area contributed by atoms with Crippen LogP contribution in [0.15, 0.2) is 0 Å². The standard InChI is InChI=1S/C15H36O5Si3/c1-11-12(18-21(2,3)4)13(19-22(5,6)7)14(15(16)17-11)20-23(8,9)10/h11-16H,1-10H3/t11-,12-,13+,14+,15+/m1/s1. The van der Waals surface area contributed by atoms with E-state index in [0.717, 1.165) is 0 Å². The molecule has 1 heterocycles. The van der Waals surface area contributed by atoms with Gasteiger partial charge in [-0.2, -0.15) is 0 Å². The van der Waals surface area contributed by atoms with Gasteiger partial charge in [0.1, 0.15) is 12.2 Å². The lowest BCUT2D eigenvalue weighted by atomic mass is 10.0. The largest absolute Gasteiger partial charge is 0.409 e. The van der Waals surface area contributed by atoms with Gasteiger partial charge in [-0.25, -0.2) is 0 Å². The molecule has 0 bridgehead atoms. The van der Waals surface area contributed by atoms with Gasteiger partial charge in [0.15, 0.2) is 31.2 Å². The van der Waals surface area contributed by atoms with E-state index in [2.05, 4.69) is 58.9 Å². The molecule has 0 amide bonds. The average molecular weight is 381 g/mol. The van der Waals surface area contributed by atoms with Crippen molar-refractivity contribution in [1.29, 1.82) is 0 Å². The molecular formula is C15H36O5Si3. The highest BCUT2D eigenvalue weighted by Crippen LogP contribution is 2.32. The minimum atomic E-state index is -1.86. The van der Waals surface area contributed by atoms with E-state index in [1.807, 2.05) is 6.92 Å². The third-order valence-electron chi connectivity index (χ3n) is 3.21. The van der Waals surface area contributed by atoms with Crippen molar-refractivity contribution in [2.75, 3.05) is 0 Å². The van der Waals surface area contributed by atoms with Gasteiger partial charge in [-0.05, 0) is 65.8 Å². The summed E-state index contributed by atoms with van der Waals surface area (Å²) in [6.07, 6.45) is -2.19. The van der Waals surface area contributed by atoms with Crippen molar-refractivity contribution in [3.8, 4) is 0 Å². The van der Waals surface area contributed by atoms with Gasteiger partial charge in [-0.1, -0.05) is 0 Å². The highest BCUT2D eigenvalue weighted by Gasteiger charge is 2.49. The zero-order valence-electron chi connectivity index (χ0n) is 16.5. The minimum Gasteiger partial charge on any atom is -0.409 e. The molecule has 0 saturated carbocycles. The number of aliphatic hydroxyl groups excluding tert-OH is 1. The van der Waals surface area contributed by atoms with Crippen LogP contribution >= 0.6 is 0 Å². The van der Waals surface area contributed by atoms with Crippen LogP contribution < -0.4 is 0 Å². The van der Waals surface area contributed by atoms with Crippen molar-refractivity contribution in [2.24, 2.45) is 0 Å². The van der Waals surface area contributed by atoms with Gasteiger partial charge in [-0.3, -0.25) is 0 Å². The molecule has 8 heteroatoms. The summed E-state index contributed by atoms with van der Waals surface area (Å²) in [4.78, 5) is 0. The molecule has 1 N–H and O–H groups in total.